The lowest BCUT2D eigenvalue weighted by molar-refractivity contribution is 0.240. The van der Waals surface area contributed by atoms with Gasteiger partial charge in [-0.15, -0.1) is 0 Å². The van der Waals surface area contributed by atoms with Crippen LogP contribution in [0.15, 0.2) is 54.7 Å². The van der Waals surface area contributed by atoms with E-state index in [2.05, 4.69) is 20.9 Å². The highest BCUT2D eigenvalue weighted by molar-refractivity contribution is 6.04. The van der Waals surface area contributed by atoms with E-state index in [1.54, 1.807) is 48.7 Å². The fourth-order valence-electron chi connectivity index (χ4n) is 1.37. The molecule has 0 aliphatic carbocycles. The quantitative estimate of drug-likeness (QED) is 0.771. The topological polar surface area (TPSA) is 83.1 Å². The summed E-state index contributed by atoms with van der Waals surface area (Å²) in [4.78, 5) is 26.9. The van der Waals surface area contributed by atoms with Gasteiger partial charge in [-0.2, -0.15) is 0 Å². The smallest absolute Gasteiger partial charge is 0.308 e. The van der Waals surface area contributed by atoms with Gasteiger partial charge in [0, 0.05) is 11.9 Å². The van der Waals surface area contributed by atoms with Gasteiger partial charge in [0.2, 0.25) is 0 Å². The van der Waals surface area contributed by atoms with Gasteiger partial charge in [-0.3, -0.25) is 10.6 Å². The third-order valence-corrected chi connectivity index (χ3v) is 2.17. The maximum Gasteiger partial charge on any atom is 0.328 e. The van der Waals surface area contributed by atoms with Crippen LogP contribution in [0.25, 0.3) is 0 Å². The van der Waals surface area contributed by atoms with Crippen molar-refractivity contribution in [2.75, 3.05) is 10.6 Å². The number of hydrogen-bond donors (Lipinski definition) is 3. The van der Waals surface area contributed by atoms with Gasteiger partial charge in [0.1, 0.15) is 5.82 Å². The van der Waals surface area contributed by atoms with Crippen molar-refractivity contribution in [3.63, 3.8) is 0 Å². The predicted octanol–water partition coefficient (Wildman–Crippen LogP) is 2.44. The molecule has 0 radical (unpaired) electrons. The molecule has 1 aromatic carbocycles. The van der Waals surface area contributed by atoms with Crippen molar-refractivity contribution in [2.45, 2.75) is 0 Å². The zero-order valence-corrected chi connectivity index (χ0v) is 9.96. The zero-order chi connectivity index (χ0) is 13.5. The second-order valence-corrected chi connectivity index (χ2v) is 3.61. The van der Waals surface area contributed by atoms with Crippen LogP contribution in [0.2, 0.25) is 0 Å². The number of para-hydroxylation sites is 1. The highest BCUT2D eigenvalue weighted by atomic mass is 16.2. The maximum absolute atomic E-state index is 11.5. The minimum Gasteiger partial charge on any atom is -0.308 e. The summed E-state index contributed by atoms with van der Waals surface area (Å²) in [7, 11) is 0. The number of imide groups is 1. The molecule has 0 aliphatic heterocycles. The van der Waals surface area contributed by atoms with Crippen molar-refractivity contribution in [3.05, 3.63) is 54.7 Å². The van der Waals surface area contributed by atoms with Crippen LogP contribution in [-0.4, -0.2) is 17.0 Å². The third-order valence-electron chi connectivity index (χ3n) is 2.17. The Hall–Kier alpha value is -2.89. The van der Waals surface area contributed by atoms with E-state index in [-0.39, 0.29) is 0 Å². The van der Waals surface area contributed by atoms with Crippen LogP contribution < -0.4 is 16.0 Å². The summed E-state index contributed by atoms with van der Waals surface area (Å²) in [6, 6.07) is 12.6. The Bertz CT molecular complexity index is 506. The van der Waals surface area contributed by atoms with E-state index in [1.807, 2.05) is 6.07 Å². The van der Waals surface area contributed by atoms with Gasteiger partial charge >= 0.3 is 12.1 Å². The van der Waals surface area contributed by atoms with E-state index in [1.165, 1.54) is 0 Å². The Morgan fingerprint density at radius 1 is 0.842 bits per heavy atom. The highest BCUT2D eigenvalue weighted by Crippen LogP contribution is 2.04. The fraction of sp³-hybridized carbons (Fsp3) is 0. The average Bonchev–Trinajstić information content (AvgIpc) is 2.40. The second-order valence-electron chi connectivity index (χ2n) is 3.61. The summed E-state index contributed by atoms with van der Waals surface area (Å²) in [5, 5.41) is 7.10. The van der Waals surface area contributed by atoms with Crippen molar-refractivity contribution in [3.8, 4) is 0 Å². The summed E-state index contributed by atoms with van der Waals surface area (Å²) in [5.41, 5.74) is 0.602. The van der Waals surface area contributed by atoms with Crippen molar-refractivity contribution in [1.29, 1.82) is 0 Å². The number of carbonyl (C=O) groups excluding carboxylic acids is 2. The molecule has 96 valence electrons. The molecule has 0 atom stereocenters. The fourth-order valence-corrected chi connectivity index (χ4v) is 1.37. The van der Waals surface area contributed by atoms with Gasteiger partial charge in [-0.25, -0.2) is 14.6 Å². The first-order chi connectivity index (χ1) is 9.24. The third kappa shape index (κ3) is 4.12. The summed E-state index contributed by atoms with van der Waals surface area (Å²) in [6.45, 7) is 0. The zero-order valence-electron chi connectivity index (χ0n) is 9.96. The average molecular weight is 256 g/mol. The van der Waals surface area contributed by atoms with Crippen LogP contribution in [0.5, 0.6) is 0 Å². The van der Waals surface area contributed by atoms with Crippen molar-refractivity contribution >= 4 is 23.6 Å². The van der Waals surface area contributed by atoms with E-state index in [9.17, 15) is 9.59 Å². The van der Waals surface area contributed by atoms with E-state index in [0.29, 0.717) is 11.5 Å². The Morgan fingerprint density at radius 2 is 1.53 bits per heavy atom. The molecule has 2 aromatic rings. The van der Waals surface area contributed by atoms with Crippen molar-refractivity contribution in [1.82, 2.24) is 10.3 Å². The molecule has 0 saturated heterocycles. The van der Waals surface area contributed by atoms with Crippen LogP contribution in [0.1, 0.15) is 0 Å². The van der Waals surface area contributed by atoms with Crippen LogP contribution in [0.4, 0.5) is 21.1 Å². The van der Waals surface area contributed by atoms with Gasteiger partial charge in [0.05, 0.1) is 0 Å². The first-order valence-electron chi connectivity index (χ1n) is 5.59. The lowest BCUT2D eigenvalue weighted by Crippen LogP contribution is -2.37. The second kappa shape index (κ2) is 6.15. The number of hydrogen-bond acceptors (Lipinski definition) is 3. The van der Waals surface area contributed by atoms with E-state index >= 15 is 0 Å². The molecule has 19 heavy (non-hydrogen) atoms. The Morgan fingerprint density at radius 3 is 2.21 bits per heavy atom. The van der Waals surface area contributed by atoms with Gasteiger partial charge < -0.3 is 5.32 Å². The van der Waals surface area contributed by atoms with Crippen LogP contribution in [0, 0.1) is 0 Å². The lowest BCUT2D eigenvalue weighted by atomic mass is 10.3. The molecule has 3 N–H and O–H groups in total. The molecular formula is C13H12N4O2. The molecule has 4 amide bonds. The van der Waals surface area contributed by atoms with E-state index in [4.69, 9.17) is 0 Å². The number of carbonyl (C=O) groups is 2. The Labute approximate surface area is 109 Å². The molecule has 0 aliphatic rings. The largest absolute Gasteiger partial charge is 0.328 e. The first-order valence-corrected chi connectivity index (χ1v) is 5.59. The standard InChI is InChI=1S/C13H12N4O2/c18-12(15-10-6-2-1-3-7-10)17-13(19)16-11-8-4-5-9-14-11/h1-9H,(H3,14,15,16,17,18,19). The molecule has 0 unspecified atom stereocenters. The number of pyridine rings is 1. The molecular weight excluding hydrogens is 244 g/mol. The molecule has 0 fully saturated rings. The minimum absolute atomic E-state index is 0.368. The molecule has 0 saturated carbocycles. The van der Waals surface area contributed by atoms with Gasteiger partial charge in [-0.1, -0.05) is 24.3 Å². The number of nitrogens with zero attached hydrogens (tertiary/aromatic N) is 1. The normalized spacial score (nSPS) is 9.47. The lowest BCUT2D eigenvalue weighted by Gasteiger charge is -2.07. The number of anilines is 2. The van der Waals surface area contributed by atoms with Crippen molar-refractivity contribution < 1.29 is 9.59 Å². The maximum atomic E-state index is 11.5. The summed E-state index contributed by atoms with van der Waals surface area (Å²) in [6.07, 6.45) is 1.54. The monoisotopic (exact) mass is 256 g/mol. The molecule has 1 heterocycles. The number of amides is 4. The van der Waals surface area contributed by atoms with Crippen LogP contribution in [0.3, 0.4) is 0 Å². The SMILES string of the molecule is O=C(NC(=O)Nc1ccccn1)Nc1ccccc1. The molecule has 0 bridgehead atoms. The number of nitrogens with one attached hydrogen (secondary N) is 3. The summed E-state index contributed by atoms with van der Waals surface area (Å²) in [5.74, 6) is 0.368. The van der Waals surface area contributed by atoms with E-state index < -0.39 is 12.1 Å². The predicted molar refractivity (Wildman–Crippen MR) is 71.9 cm³/mol. The van der Waals surface area contributed by atoms with Gasteiger partial charge in [0.25, 0.3) is 0 Å². The number of rotatable bonds is 2. The Kier molecular flexibility index (Phi) is 4.07. The molecule has 0 spiro atoms. The van der Waals surface area contributed by atoms with Gasteiger partial charge in [-0.05, 0) is 24.3 Å². The minimum atomic E-state index is -0.646. The number of urea groups is 2. The van der Waals surface area contributed by atoms with Gasteiger partial charge in [0.15, 0.2) is 0 Å². The highest BCUT2D eigenvalue weighted by Gasteiger charge is 2.07. The van der Waals surface area contributed by atoms with Crippen molar-refractivity contribution in [2.24, 2.45) is 0 Å². The number of benzene rings is 1. The summed E-state index contributed by atoms with van der Waals surface area (Å²) < 4.78 is 0. The first kappa shape index (κ1) is 12.6. The summed E-state index contributed by atoms with van der Waals surface area (Å²) >= 11 is 0. The molecule has 6 heteroatoms. The van der Waals surface area contributed by atoms with Crippen LogP contribution >= 0.6 is 0 Å². The molecule has 6 nitrogen and oxygen atoms in total. The molecule has 1 aromatic heterocycles. The number of aromatic nitrogens is 1. The van der Waals surface area contributed by atoms with E-state index in [0.717, 1.165) is 0 Å². The Balaban J connectivity index is 1.84. The van der Waals surface area contributed by atoms with Crippen LogP contribution in [-0.2, 0) is 0 Å². The molecule has 2 rings (SSSR count).